The fourth-order valence-corrected chi connectivity index (χ4v) is 2.93. The second-order valence-corrected chi connectivity index (χ2v) is 7.44. The first-order valence-electron chi connectivity index (χ1n) is 7.82. The van der Waals surface area contributed by atoms with Gasteiger partial charge in [0.05, 0.1) is 11.7 Å². The van der Waals surface area contributed by atoms with Crippen molar-refractivity contribution in [3.8, 4) is 0 Å². The molecule has 23 heavy (non-hydrogen) atoms. The van der Waals surface area contributed by atoms with Gasteiger partial charge in [0.15, 0.2) is 5.69 Å². The van der Waals surface area contributed by atoms with Gasteiger partial charge in [-0.25, -0.2) is 4.68 Å². The molecule has 2 aromatic rings. The van der Waals surface area contributed by atoms with E-state index in [4.69, 9.17) is 11.6 Å². The smallest absolute Gasteiger partial charge is 0.276 e. The van der Waals surface area contributed by atoms with Gasteiger partial charge in [-0.15, -0.1) is 5.10 Å². The highest BCUT2D eigenvalue weighted by atomic mass is 35.5. The lowest BCUT2D eigenvalue weighted by Gasteiger charge is -2.18. The van der Waals surface area contributed by atoms with E-state index in [-0.39, 0.29) is 11.4 Å². The quantitative estimate of drug-likeness (QED) is 0.847. The predicted octanol–water partition coefficient (Wildman–Crippen LogP) is 3.32. The summed E-state index contributed by atoms with van der Waals surface area (Å²) < 4.78 is 1.73. The van der Waals surface area contributed by atoms with E-state index in [1.165, 1.54) is 5.56 Å². The number of aromatic nitrogens is 3. The van der Waals surface area contributed by atoms with E-state index in [1.54, 1.807) is 10.9 Å². The Labute approximate surface area is 141 Å². The van der Waals surface area contributed by atoms with Gasteiger partial charge in [0.1, 0.15) is 0 Å². The predicted molar refractivity (Wildman–Crippen MR) is 89.7 cm³/mol. The van der Waals surface area contributed by atoms with Crippen LogP contribution in [0.3, 0.4) is 0 Å². The highest BCUT2D eigenvalue weighted by Crippen LogP contribution is 2.28. The molecule has 1 aromatic carbocycles. The van der Waals surface area contributed by atoms with Crippen molar-refractivity contribution in [1.82, 2.24) is 19.9 Å². The number of halogens is 1. The highest BCUT2D eigenvalue weighted by Gasteiger charge is 2.30. The van der Waals surface area contributed by atoms with Crippen LogP contribution in [0.1, 0.15) is 49.2 Å². The van der Waals surface area contributed by atoms with Crippen LogP contribution in [0.15, 0.2) is 30.5 Å². The van der Waals surface area contributed by atoms with Gasteiger partial charge in [-0.3, -0.25) is 4.79 Å². The maximum Gasteiger partial charge on any atom is 0.276 e. The number of hydrogen-bond acceptors (Lipinski definition) is 3. The van der Waals surface area contributed by atoms with Crippen molar-refractivity contribution >= 4 is 17.5 Å². The van der Waals surface area contributed by atoms with Crippen LogP contribution in [0.25, 0.3) is 0 Å². The van der Waals surface area contributed by atoms with Crippen LogP contribution in [0.4, 0.5) is 0 Å². The third-order valence-corrected chi connectivity index (χ3v) is 4.47. The average Bonchev–Trinajstić information content (AvgIpc) is 3.16. The SMILES string of the molecule is CC(C)(C)n1cc(C(=O)N2CCC(c3ccc(Cl)cc3)C2)nn1. The Kier molecular flexibility index (Phi) is 4.15. The van der Waals surface area contributed by atoms with E-state index in [0.29, 0.717) is 18.2 Å². The van der Waals surface area contributed by atoms with Crippen molar-refractivity contribution in [3.63, 3.8) is 0 Å². The maximum absolute atomic E-state index is 12.6. The summed E-state index contributed by atoms with van der Waals surface area (Å²) in [6.07, 6.45) is 2.69. The van der Waals surface area contributed by atoms with E-state index in [9.17, 15) is 4.79 Å². The molecule has 1 fully saturated rings. The number of benzene rings is 1. The lowest BCUT2D eigenvalue weighted by Crippen LogP contribution is -2.29. The Bertz CT molecular complexity index is 702. The molecule has 6 heteroatoms. The van der Waals surface area contributed by atoms with Crippen molar-refractivity contribution in [1.29, 1.82) is 0 Å². The minimum atomic E-state index is -0.178. The number of nitrogens with zero attached hydrogens (tertiary/aromatic N) is 4. The second kappa shape index (κ2) is 5.96. The van der Waals surface area contributed by atoms with Crippen molar-refractivity contribution < 1.29 is 4.79 Å². The zero-order valence-corrected chi connectivity index (χ0v) is 14.4. The minimum Gasteiger partial charge on any atom is -0.337 e. The van der Waals surface area contributed by atoms with Crippen LogP contribution in [0.2, 0.25) is 5.02 Å². The van der Waals surface area contributed by atoms with E-state index in [1.807, 2.05) is 49.9 Å². The lowest BCUT2D eigenvalue weighted by atomic mass is 9.99. The molecule has 2 heterocycles. The summed E-state index contributed by atoms with van der Waals surface area (Å²) in [5.74, 6) is 0.311. The molecule has 5 nitrogen and oxygen atoms in total. The molecular weight excluding hydrogens is 312 g/mol. The first kappa shape index (κ1) is 16.0. The Morgan fingerprint density at radius 3 is 2.57 bits per heavy atom. The van der Waals surface area contributed by atoms with Crippen molar-refractivity contribution in [2.75, 3.05) is 13.1 Å². The Balaban J connectivity index is 1.70. The molecule has 0 saturated carbocycles. The number of rotatable bonds is 2. The Hall–Kier alpha value is -1.88. The van der Waals surface area contributed by atoms with Gasteiger partial charge in [0, 0.05) is 24.0 Å². The van der Waals surface area contributed by atoms with E-state index >= 15 is 0 Å². The van der Waals surface area contributed by atoms with Gasteiger partial charge in [0.2, 0.25) is 0 Å². The molecule has 1 amide bonds. The number of hydrogen-bond donors (Lipinski definition) is 0. The third-order valence-electron chi connectivity index (χ3n) is 4.22. The molecule has 1 saturated heterocycles. The Morgan fingerprint density at radius 2 is 1.96 bits per heavy atom. The summed E-state index contributed by atoms with van der Waals surface area (Å²) in [4.78, 5) is 14.5. The zero-order valence-electron chi connectivity index (χ0n) is 13.7. The van der Waals surface area contributed by atoms with Gasteiger partial charge in [0.25, 0.3) is 5.91 Å². The molecule has 1 unspecified atom stereocenters. The first-order chi connectivity index (χ1) is 10.8. The standard InChI is InChI=1S/C17H21ClN4O/c1-17(2,3)22-11-15(19-20-22)16(23)21-9-8-13(10-21)12-4-6-14(18)7-5-12/h4-7,11,13H,8-10H2,1-3H3. The van der Waals surface area contributed by atoms with E-state index in [2.05, 4.69) is 10.3 Å². The van der Waals surface area contributed by atoms with Crippen molar-refractivity contribution in [3.05, 3.63) is 46.7 Å². The molecule has 3 rings (SSSR count). The van der Waals surface area contributed by atoms with Crippen molar-refractivity contribution in [2.24, 2.45) is 0 Å². The van der Waals surface area contributed by atoms with E-state index in [0.717, 1.165) is 18.0 Å². The molecule has 122 valence electrons. The van der Waals surface area contributed by atoms with Crippen LogP contribution in [-0.2, 0) is 5.54 Å². The summed E-state index contributed by atoms with van der Waals surface area (Å²) in [5, 5.41) is 8.85. The van der Waals surface area contributed by atoms with Gasteiger partial charge in [-0.05, 0) is 44.9 Å². The lowest BCUT2D eigenvalue weighted by molar-refractivity contribution is 0.0785. The summed E-state index contributed by atoms with van der Waals surface area (Å²) in [7, 11) is 0. The first-order valence-corrected chi connectivity index (χ1v) is 8.20. The number of carbonyl (C=O) groups is 1. The second-order valence-electron chi connectivity index (χ2n) is 7.01. The zero-order chi connectivity index (χ0) is 16.6. The molecule has 0 aliphatic carbocycles. The molecule has 1 aromatic heterocycles. The summed E-state index contributed by atoms with van der Waals surface area (Å²) in [5.41, 5.74) is 1.46. The van der Waals surface area contributed by atoms with Gasteiger partial charge in [-0.1, -0.05) is 28.9 Å². The van der Waals surface area contributed by atoms with E-state index < -0.39 is 0 Å². The largest absolute Gasteiger partial charge is 0.337 e. The fourth-order valence-electron chi connectivity index (χ4n) is 2.80. The van der Waals surface area contributed by atoms with Crippen LogP contribution in [0.5, 0.6) is 0 Å². The molecule has 0 N–H and O–H groups in total. The van der Waals surface area contributed by atoms with Gasteiger partial charge >= 0.3 is 0 Å². The molecule has 0 bridgehead atoms. The van der Waals surface area contributed by atoms with Crippen LogP contribution in [-0.4, -0.2) is 38.9 Å². The molecular formula is C17H21ClN4O. The molecule has 0 spiro atoms. The molecule has 0 radical (unpaired) electrons. The summed E-state index contributed by atoms with van der Waals surface area (Å²) >= 11 is 5.93. The van der Waals surface area contributed by atoms with Gasteiger partial charge in [-0.2, -0.15) is 0 Å². The van der Waals surface area contributed by atoms with Crippen LogP contribution < -0.4 is 0 Å². The topological polar surface area (TPSA) is 51.0 Å². The molecule has 1 aliphatic rings. The highest BCUT2D eigenvalue weighted by molar-refractivity contribution is 6.30. The number of carbonyl (C=O) groups excluding carboxylic acids is 1. The summed E-state index contributed by atoms with van der Waals surface area (Å²) in [6.45, 7) is 7.55. The molecule has 1 atom stereocenters. The number of likely N-dealkylation sites (tertiary alicyclic amines) is 1. The van der Waals surface area contributed by atoms with Crippen LogP contribution >= 0.6 is 11.6 Å². The number of amides is 1. The van der Waals surface area contributed by atoms with Gasteiger partial charge < -0.3 is 4.90 Å². The minimum absolute atomic E-state index is 0.0445. The molecule has 1 aliphatic heterocycles. The van der Waals surface area contributed by atoms with Crippen LogP contribution in [0, 0.1) is 0 Å². The maximum atomic E-state index is 12.6. The monoisotopic (exact) mass is 332 g/mol. The summed E-state index contributed by atoms with van der Waals surface area (Å²) in [6, 6.07) is 7.88. The average molecular weight is 333 g/mol. The van der Waals surface area contributed by atoms with Crippen molar-refractivity contribution in [2.45, 2.75) is 38.6 Å². The normalized spacial score (nSPS) is 18.4. The fraction of sp³-hybridized carbons (Fsp3) is 0.471. The Morgan fingerprint density at radius 1 is 1.26 bits per heavy atom. The third kappa shape index (κ3) is 3.39.